The van der Waals surface area contributed by atoms with Crippen LogP contribution in [0.25, 0.3) is 11.2 Å². The maximum absolute atomic E-state index is 9.86. The molecular weight excluding hydrogens is 238 g/mol. The van der Waals surface area contributed by atoms with Crippen molar-refractivity contribution in [2.45, 2.75) is 24.8 Å². The predicted molar refractivity (Wildman–Crippen MR) is 61.4 cm³/mol. The number of hydrogen-bond donors (Lipinski definition) is 3. The zero-order valence-corrected chi connectivity index (χ0v) is 9.26. The molecule has 0 amide bonds. The number of aliphatic hydroxyl groups is 2. The third kappa shape index (κ3) is 1.62. The van der Waals surface area contributed by atoms with Crippen molar-refractivity contribution in [3.63, 3.8) is 0 Å². The molecule has 4 N–H and O–H groups in total. The summed E-state index contributed by atoms with van der Waals surface area (Å²) in [6, 6.07) is 0. The van der Waals surface area contributed by atoms with Crippen molar-refractivity contribution < 1.29 is 17.7 Å². The molecule has 18 heavy (non-hydrogen) atoms. The van der Waals surface area contributed by atoms with Crippen molar-refractivity contribution in [2.24, 2.45) is 0 Å². The average Bonchev–Trinajstić information content (AvgIpc) is 2.92. The molecule has 1 aliphatic rings. The van der Waals surface area contributed by atoms with Crippen LogP contribution in [0.1, 0.15) is 15.3 Å². The highest BCUT2D eigenvalue weighted by molar-refractivity contribution is 5.81. The molecule has 0 spiro atoms. The second kappa shape index (κ2) is 4.16. The maximum atomic E-state index is 9.86. The van der Waals surface area contributed by atoms with Gasteiger partial charge < -0.3 is 20.7 Å². The third-order valence-electron chi connectivity index (χ3n) is 2.79. The lowest BCUT2D eigenvalue weighted by Crippen LogP contribution is -2.24. The first-order valence-electron chi connectivity index (χ1n) is 6.34. The molecule has 2 aromatic heterocycles. The van der Waals surface area contributed by atoms with Crippen LogP contribution in [0.3, 0.4) is 0 Å². The molecule has 3 heterocycles. The highest BCUT2D eigenvalue weighted by Gasteiger charge is 2.35. The summed E-state index contributed by atoms with van der Waals surface area (Å²) in [5.41, 5.74) is 6.30. The van der Waals surface area contributed by atoms with Crippen molar-refractivity contribution in [3.8, 4) is 0 Å². The Morgan fingerprint density at radius 2 is 2.39 bits per heavy atom. The zero-order chi connectivity index (χ0) is 14.5. The standard InChI is InChI=1S/C10H13N5O3/c11-9-8-10(13-3-12-9)15(4-14-8)7-1-5(17)6(2-16)18-7/h3-7,16-17H,1-2H2,(H2,11,12,13)/t5-,6+,7+/m0/s1/i1D2. The van der Waals surface area contributed by atoms with E-state index in [0.29, 0.717) is 11.2 Å². The third-order valence-corrected chi connectivity index (χ3v) is 2.79. The number of aromatic nitrogens is 4. The molecule has 0 radical (unpaired) electrons. The molecule has 0 aromatic carbocycles. The van der Waals surface area contributed by atoms with Gasteiger partial charge in [-0.25, -0.2) is 15.0 Å². The Balaban J connectivity index is 2.10. The molecule has 8 nitrogen and oxygen atoms in total. The molecule has 2 aromatic rings. The van der Waals surface area contributed by atoms with Gasteiger partial charge in [0.15, 0.2) is 11.5 Å². The van der Waals surface area contributed by atoms with Crippen molar-refractivity contribution in [1.29, 1.82) is 0 Å². The zero-order valence-electron chi connectivity index (χ0n) is 11.3. The largest absolute Gasteiger partial charge is 0.394 e. The van der Waals surface area contributed by atoms with Crippen LogP contribution < -0.4 is 5.73 Å². The molecule has 3 rings (SSSR count). The average molecular weight is 253 g/mol. The number of rotatable bonds is 2. The van der Waals surface area contributed by atoms with E-state index in [0.717, 1.165) is 0 Å². The van der Waals surface area contributed by atoms with Gasteiger partial charge in [0.25, 0.3) is 0 Å². The number of aliphatic hydroxyl groups excluding tert-OH is 2. The summed E-state index contributed by atoms with van der Waals surface area (Å²) in [7, 11) is 0. The van der Waals surface area contributed by atoms with Crippen LogP contribution in [-0.4, -0.2) is 48.5 Å². The lowest BCUT2D eigenvalue weighted by atomic mass is 10.2. The number of nitrogens with two attached hydrogens (primary N) is 1. The summed E-state index contributed by atoms with van der Waals surface area (Å²) in [5, 5.41) is 19.0. The topological polar surface area (TPSA) is 119 Å². The Morgan fingerprint density at radius 1 is 1.56 bits per heavy atom. The normalized spacial score (nSPS) is 32.4. The summed E-state index contributed by atoms with van der Waals surface area (Å²) < 4.78 is 22.6. The van der Waals surface area contributed by atoms with E-state index in [9.17, 15) is 5.11 Å². The van der Waals surface area contributed by atoms with Crippen LogP contribution in [-0.2, 0) is 4.74 Å². The summed E-state index contributed by atoms with van der Waals surface area (Å²) in [6.07, 6.45) is -3.15. The van der Waals surface area contributed by atoms with Crippen LogP contribution in [0, 0.1) is 0 Å². The van der Waals surface area contributed by atoms with Crippen molar-refractivity contribution >= 4 is 17.0 Å². The molecule has 0 unspecified atom stereocenters. The van der Waals surface area contributed by atoms with Crippen molar-refractivity contribution in [3.05, 3.63) is 12.7 Å². The van der Waals surface area contributed by atoms with Gasteiger partial charge >= 0.3 is 0 Å². The quantitative estimate of drug-likeness (QED) is 0.631. The summed E-state index contributed by atoms with van der Waals surface area (Å²) in [5.74, 6) is 0.173. The van der Waals surface area contributed by atoms with E-state index in [1.54, 1.807) is 0 Å². The van der Waals surface area contributed by atoms with Gasteiger partial charge in [-0.15, -0.1) is 0 Å². The van der Waals surface area contributed by atoms with Crippen LogP contribution >= 0.6 is 0 Å². The Hall–Kier alpha value is -1.77. The molecule has 0 bridgehead atoms. The lowest BCUT2D eigenvalue weighted by molar-refractivity contribution is -0.0432. The first-order valence-corrected chi connectivity index (χ1v) is 5.34. The van der Waals surface area contributed by atoms with E-state index in [-0.39, 0.29) is 5.82 Å². The van der Waals surface area contributed by atoms with Crippen LogP contribution in [0.4, 0.5) is 5.82 Å². The van der Waals surface area contributed by atoms with E-state index in [2.05, 4.69) is 15.0 Å². The Labute approximate surface area is 105 Å². The van der Waals surface area contributed by atoms with Crippen LogP contribution in [0.5, 0.6) is 0 Å². The van der Waals surface area contributed by atoms with Gasteiger partial charge in [-0.1, -0.05) is 0 Å². The van der Waals surface area contributed by atoms with Gasteiger partial charge in [0.2, 0.25) is 0 Å². The number of nitrogen functional groups attached to an aromatic ring is 1. The van der Waals surface area contributed by atoms with Gasteiger partial charge in [-0.2, -0.15) is 0 Å². The van der Waals surface area contributed by atoms with Crippen molar-refractivity contribution in [2.75, 3.05) is 12.3 Å². The predicted octanol–water partition coefficient (Wildman–Crippen LogP) is -0.951. The molecule has 96 valence electrons. The monoisotopic (exact) mass is 253 g/mol. The van der Waals surface area contributed by atoms with E-state index in [1.807, 2.05) is 0 Å². The molecule has 0 aliphatic carbocycles. The van der Waals surface area contributed by atoms with Gasteiger partial charge in [0.05, 0.1) is 19.0 Å². The molecule has 1 fully saturated rings. The molecule has 8 heteroatoms. The first-order chi connectivity index (χ1) is 9.46. The molecular formula is C10H13N5O3. The number of hydrogen-bond acceptors (Lipinski definition) is 7. The molecule has 0 saturated carbocycles. The van der Waals surface area contributed by atoms with Crippen LogP contribution in [0.15, 0.2) is 12.7 Å². The molecule has 1 aliphatic heterocycles. The molecule has 1 saturated heterocycles. The number of ether oxygens (including phenoxy) is 1. The summed E-state index contributed by atoms with van der Waals surface area (Å²) >= 11 is 0. The lowest BCUT2D eigenvalue weighted by Gasteiger charge is -2.13. The second-order valence-corrected chi connectivity index (χ2v) is 3.90. The number of imidazole rings is 1. The maximum Gasteiger partial charge on any atom is 0.167 e. The van der Waals surface area contributed by atoms with Gasteiger partial charge in [-0.05, 0) is 0 Å². The second-order valence-electron chi connectivity index (χ2n) is 3.90. The fourth-order valence-corrected chi connectivity index (χ4v) is 1.86. The van der Waals surface area contributed by atoms with E-state index >= 15 is 0 Å². The smallest absolute Gasteiger partial charge is 0.167 e. The highest BCUT2D eigenvalue weighted by Crippen LogP contribution is 2.30. The fourth-order valence-electron chi connectivity index (χ4n) is 1.86. The van der Waals surface area contributed by atoms with Gasteiger partial charge in [0.1, 0.15) is 24.2 Å². The molecule has 3 atom stereocenters. The van der Waals surface area contributed by atoms with Crippen LogP contribution in [0.2, 0.25) is 0 Å². The number of anilines is 1. The minimum Gasteiger partial charge on any atom is -0.394 e. The minimum atomic E-state index is -2.10. The minimum absolute atomic E-state index is 0.173. The Morgan fingerprint density at radius 3 is 3.11 bits per heavy atom. The summed E-state index contributed by atoms with van der Waals surface area (Å²) in [4.78, 5) is 11.8. The van der Waals surface area contributed by atoms with Gasteiger partial charge in [0, 0.05) is 9.11 Å². The van der Waals surface area contributed by atoms with E-state index in [4.69, 9.17) is 18.3 Å². The van der Waals surface area contributed by atoms with E-state index < -0.39 is 31.4 Å². The summed E-state index contributed by atoms with van der Waals surface area (Å²) in [6.45, 7) is -0.485. The number of fused-ring (bicyclic) bond motifs is 1. The fraction of sp³-hybridized carbons (Fsp3) is 0.500. The Kier molecular flexibility index (Phi) is 2.13. The van der Waals surface area contributed by atoms with Gasteiger partial charge in [-0.3, -0.25) is 4.57 Å². The first kappa shape index (κ1) is 9.20. The SMILES string of the molecule is [2H]C1([2H])[C@H](O)[C@@H](CO)O[C@H]1n1cnc2c(N)ncnc21. The van der Waals surface area contributed by atoms with Crippen molar-refractivity contribution in [1.82, 2.24) is 19.5 Å². The highest BCUT2D eigenvalue weighted by atomic mass is 16.5. The van der Waals surface area contributed by atoms with E-state index in [1.165, 1.54) is 17.2 Å². The Bertz CT molecular complexity index is 649. The number of nitrogens with zero attached hydrogens (tertiary/aromatic N) is 4.